The van der Waals surface area contributed by atoms with E-state index in [2.05, 4.69) is 12.2 Å². The van der Waals surface area contributed by atoms with Gasteiger partial charge < -0.3 is 15.8 Å². The summed E-state index contributed by atoms with van der Waals surface area (Å²) >= 11 is 1.42. The van der Waals surface area contributed by atoms with Crippen molar-refractivity contribution in [3.8, 4) is 5.75 Å². The number of methoxy groups -OCH3 is 1. The van der Waals surface area contributed by atoms with Crippen molar-refractivity contribution in [2.45, 2.75) is 26.2 Å². The highest BCUT2D eigenvalue weighted by Gasteiger charge is 2.40. The van der Waals surface area contributed by atoms with E-state index in [-0.39, 0.29) is 5.91 Å². The second-order valence-corrected chi connectivity index (χ2v) is 6.80. The van der Waals surface area contributed by atoms with E-state index in [9.17, 15) is 4.79 Å². The Hall–Kier alpha value is -1.75. The average molecular weight is 304 g/mol. The Morgan fingerprint density at radius 3 is 2.86 bits per heavy atom. The molecule has 0 unspecified atom stereocenters. The number of carbonyl (C=O) groups excluding carboxylic acids is 1. The third-order valence-electron chi connectivity index (χ3n) is 4.47. The lowest BCUT2D eigenvalue weighted by Crippen LogP contribution is -2.29. The van der Waals surface area contributed by atoms with Gasteiger partial charge in [0.1, 0.15) is 10.6 Å². The second kappa shape index (κ2) is 5.22. The third kappa shape index (κ3) is 2.58. The van der Waals surface area contributed by atoms with Crippen LogP contribution < -0.4 is 15.8 Å². The summed E-state index contributed by atoms with van der Waals surface area (Å²) in [4.78, 5) is 13.0. The second-order valence-electron chi connectivity index (χ2n) is 5.74. The minimum absolute atomic E-state index is 0.0626. The number of anilines is 1. The third-order valence-corrected chi connectivity index (χ3v) is 5.64. The van der Waals surface area contributed by atoms with Crippen molar-refractivity contribution in [3.63, 3.8) is 0 Å². The largest absolute Gasteiger partial charge is 0.497 e. The molecule has 1 aromatic carbocycles. The van der Waals surface area contributed by atoms with Crippen LogP contribution in [0.15, 0.2) is 18.2 Å². The zero-order valence-electron chi connectivity index (χ0n) is 12.4. The maximum atomic E-state index is 12.4. The number of benzene rings is 1. The van der Waals surface area contributed by atoms with Gasteiger partial charge in [-0.1, -0.05) is 6.92 Å². The van der Waals surface area contributed by atoms with Crippen LogP contribution in [0.25, 0.3) is 10.1 Å². The van der Waals surface area contributed by atoms with Gasteiger partial charge in [0.15, 0.2) is 0 Å². The molecule has 0 bridgehead atoms. The number of carbonyl (C=O) groups is 1. The lowest BCUT2D eigenvalue weighted by atomic mass is 10.0. The molecule has 1 fully saturated rings. The maximum absolute atomic E-state index is 12.4. The molecule has 2 aromatic rings. The summed E-state index contributed by atoms with van der Waals surface area (Å²) < 4.78 is 6.19. The number of hydrogen-bond donors (Lipinski definition) is 2. The number of nitrogen functional groups attached to an aromatic ring is 1. The summed E-state index contributed by atoms with van der Waals surface area (Å²) in [6.07, 6.45) is 3.54. The highest BCUT2D eigenvalue weighted by atomic mass is 32.1. The van der Waals surface area contributed by atoms with E-state index in [1.165, 1.54) is 24.2 Å². The van der Waals surface area contributed by atoms with Crippen LogP contribution in [0.2, 0.25) is 0 Å². The predicted molar refractivity (Wildman–Crippen MR) is 87.1 cm³/mol. The van der Waals surface area contributed by atoms with E-state index < -0.39 is 0 Å². The average Bonchev–Trinajstić information content (AvgIpc) is 3.23. The molecule has 1 saturated carbocycles. The number of nitrogens with two attached hydrogens (primary N) is 1. The fourth-order valence-corrected chi connectivity index (χ4v) is 3.64. The molecule has 5 heteroatoms. The van der Waals surface area contributed by atoms with Crippen LogP contribution in [-0.2, 0) is 0 Å². The quantitative estimate of drug-likeness (QED) is 0.889. The van der Waals surface area contributed by atoms with Crippen LogP contribution in [0.4, 0.5) is 5.69 Å². The lowest BCUT2D eigenvalue weighted by Gasteiger charge is -2.12. The summed E-state index contributed by atoms with van der Waals surface area (Å²) in [7, 11) is 1.63. The smallest absolute Gasteiger partial charge is 0.263 e. The van der Waals surface area contributed by atoms with Crippen molar-refractivity contribution >= 4 is 33.0 Å². The molecule has 0 atom stereocenters. The topological polar surface area (TPSA) is 64.3 Å². The van der Waals surface area contributed by atoms with Gasteiger partial charge in [-0.3, -0.25) is 4.79 Å². The van der Waals surface area contributed by atoms with Crippen molar-refractivity contribution in [1.82, 2.24) is 5.32 Å². The number of rotatable bonds is 5. The van der Waals surface area contributed by atoms with Crippen LogP contribution in [0.5, 0.6) is 5.75 Å². The highest BCUT2D eigenvalue weighted by molar-refractivity contribution is 7.21. The van der Waals surface area contributed by atoms with Gasteiger partial charge in [0.05, 0.1) is 12.8 Å². The first-order valence-electron chi connectivity index (χ1n) is 7.23. The Kier molecular flexibility index (Phi) is 3.53. The van der Waals surface area contributed by atoms with E-state index in [1.54, 1.807) is 7.11 Å². The first-order chi connectivity index (χ1) is 10.1. The first-order valence-corrected chi connectivity index (χ1v) is 8.04. The fraction of sp³-hybridized carbons (Fsp3) is 0.438. The number of nitrogens with one attached hydrogen (secondary N) is 1. The van der Waals surface area contributed by atoms with Gasteiger partial charge in [0.25, 0.3) is 5.91 Å². The van der Waals surface area contributed by atoms with Crippen molar-refractivity contribution < 1.29 is 9.53 Å². The summed E-state index contributed by atoms with van der Waals surface area (Å²) in [6.45, 7) is 2.93. The standard InChI is InChI=1S/C16H20N2O2S/c1-3-16(6-7-16)9-18-15(19)14-13(17)11-5-4-10(20-2)8-12(11)21-14/h4-5,8H,3,6-7,9,17H2,1-2H3,(H,18,19). The summed E-state index contributed by atoms with van der Waals surface area (Å²) in [6, 6.07) is 5.69. The normalized spacial score (nSPS) is 15.9. The Balaban J connectivity index is 1.82. The van der Waals surface area contributed by atoms with Gasteiger partial charge in [0, 0.05) is 16.6 Å². The van der Waals surface area contributed by atoms with Crippen LogP contribution >= 0.6 is 11.3 Å². The van der Waals surface area contributed by atoms with Crippen molar-refractivity contribution in [2.75, 3.05) is 19.4 Å². The van der Waals surface area contributed by atoms with E-state index in [0.29, 0.717) is 16.0 Å². The van der Waals surface area contributed by atoms with Crippen molar-refractivity contribution in [1.29, 1.82) is 0 Å². The maximum Gasteiger partial charge on any atom is 0.263 e. The molecule has 4 nitrogen and oxygen atoms in total. The Morgan fingerprint density at radius 2 is 2.24 bits per heavy atom. The lowest BCUT2D eigenvalue weighted by molar-refractivity contribution is 0.0949. The van der Waals surface area contributed by atoms with Crippen LogP contribution in [0.1, 0.15) is 35.9 Å². The van der Waals surface area contributed by atoms with Crippen LogP contribution in [0, 0.1) is 5.41 Å². The molecule has 1 aromatic heterocycles. The van der Waals surface area contributed by atoms with Crippen molar-refractivity contribution in [3.05, 3.63) is 23.1 Å². The molecule has 1 amide bonds. The molecule has 1 heterocycles. The number of thiophene rings is 1. The van der Waals surface area contributed by atoms with Gasteiger partial charge in [-0.25, -0.2) is 0 Å². The van der Waals surface area contributed by atoms with Crippen LogP contribution in [-0.4, -0.2) is 19.6 Å². The number of fused-ring (bicyclic) bond motifs is 1. The summed E-state index contributed by atoms with van der Waals surface area (Å²) in [5.41, 5.74) is 7.03. The Morgan fingerprint density at radius 1 is 1.48 bits per heavy atom. The molecule has 1 aliphatic carbocycles. The summed E-state index contributed by atoms with van der Waals surface area (Å²) in [5.74, 6) is 0.714. The molecule has 21 heavy (non-hydrogen) atoms. The molecule has 0 spiro atoms. The Labute approximate surface area is 128 Å². The molecule has 3 rings (SSSR count). The molecule has 0 aliphatic heterocycles. The van der Waals surface area contributed by atoms with Gasteiger partial charge in [-0.15, -0.1) is 11.3 Å². The molecule has 0 saturated heterocycles. The van der Waals surface area contributed by atoms with Gasteiger partial charge in [-0.05, 0) is 42.9 Å². The zero-order chi connectivity index (χ0) is 15.0. The highest BCUT2D eigenvalue weighted by Crippen LogP contribution is 2.48. The van der Waals surface area contributed by atoms with Gasteiger partial charge in [0.2, 0.25) is 0 Å². The van der Waals surface area contributed by atoms with E-state index in [0.717, 1.165) is 28.8 Å². The first kappa shape index (κ1) is 14.2. The molecule has 1 aliphatic rings. The monoisotopic (exact) mass is 304 g/mol. The fourth-order valence-electron chi connectivity index (χ4n) is 2.57. The zero-order valence-corrected chi connectivity index (χ0v) is 13.2. The predicted octanol–water partition coefficient (Wildman–Crippen LogP) is 3.41. The SMILES string of the molecule is CCC1(CNC(=O)c2sc3cc(OC)ccc3c2N)CC1. The molecule has 0 radical (unpaired) electrons. The van der Waals surface area contributed by atoms with E-state index in [1.807, 2.05) is 18.2 Å². The molecular formula is C16H20N2O2S. The number of ether oxygens (including phenoxy) is 1. The van der Waals surface area contributed by atoms with Crippen LogP contribution in [0.3, 0.4) is 0 Å². The van der Waals surface area contributed by atoms with Crippen molar-refractivity contribution in [2.24, 2.45) is 5.41 Å². The molecule has 3 N–H and O–H groups in total. The number of amides is 1. The summed E-state index contributed by atoms with van der Waals surface area (Å²) in [5, 5.41) is 3.96. The minimum Gasteiger partial charge on any atom is -0.497 e. The van der Waals surface area contributed by atoms with Gasteiger partial charge >= 0.3 is 0 Å². The molecule has 112 valence electrons. The Bertz CT molecular complexity index is 689. The number of hydrogen-bond acceptors (Lipinski definition) is 4. The minimum atomic E-state index is -0.0626. The molecular weight excluding hydrogens is 284 g/mol. The van der Waals surface area contributed by atoms with Gasteiger partial charge in [-0.2, -0.15) is 0 Å². The van der Waals surface area contributed by atoms with E-state index in [4.69, 9.17) is 10.5 Å². The van der Waals surface area contributed by atoms with E-state index >= 15 is 0 Å².